The molecule has 4 aromatic rings. The smallest absolute Gasteiger partial charge is 0.303 e. The minimum Gasteiger partial charge on any atom is -0.494 e. The summed E-state index contributed by atoms with van der Waals surface area (Å²) in [6.45, 7) is 1.20. The highest BCUT2D eigenvalue weighted by molar-refractivity contribution is 6.16. The topological polar surface area (TPSA) is 68.5 Å². The molecule has 1 aliphatic carbocycles. The zero-order valence-corrected chi connectivity index (χ0v) is 21.8. The fourth-order valence-corrected chi connectivity index (χ4v) is 4.99. The van der Waals surface area contributed by atoms with E-state index in [4.69, 9.17) is 9.84 Å². The summed E-state index contributed by atoms with van der Waals surface area (Å²) in [5.41, 5.74) is 5.02. The van der Waals surface area contributed by atoms with E-state index in [1.807, 2.05) is 59.3 Å². The molecule has 1 N–H and O–H groups in total. The van der Waals surface area contributed by atoms with E-state index in [-0.39, 0.29) is 12.2 Å². The van der Waals surface area contributed by atoms with E-state index < -0.39 is 5.97 Å². The van der Waals surface area contributed by atoms with Crippen LogP contribution in [0.25, 0.3) is 10.9 Å². The molecule has 0 radical (unpaired) electrons. The number of benzene rings is 3. The normalized spacial score (nSPS) is 13.1. The first-order valence-electron chi connectivity index (χ1n) is 13.7. The largest absolute Gasteiger partial charge is 0.494 e. The van der Waals surface area contributed by atoms with Gasteiger partial charge in [0, 0.05) is 41.2 Å². The molecule has 0 saturated heterocycles. The molecule has 0 aliphatic heterocycles. The predicted octanol–water partition coefficient (Wildman–Crippen LogP) is 7.09. The number of nitrogens with zero attached hydrogens (tertiary/aromatic N) is 1. The number of aromatic nitrogens is 1. The lowest BCUT2D eigenvalue weighted by atomic mass is 10.0. The molecule has 5 rings (SSSR count). The van der Waals surface area contributed by atoms with Crippen molar-refractivity contribution in [2.45, 2.75) is 57.9 Å². The van der Waals surface area contributed by atoms with Crippen molar-refractivity contribution in [1.29, 1.82) is 0 Å². The van der Waals surface area contributed by atoms with Gasteiger partial charge in [0.2, 0.25) is 0 Å². The number of carboxylic acid groups (broad SMARTS) is 1. The number of para-hydroxylation sites is 1. The van der Waals surface area contributed by atoms with Crippen LogP contribution >= 0.6 is 0 Å². The number of aliphatic carboxylic acids is 1. The number of fused-ring (bicyclic) bond motifs is 1. The first kappa shape index (κ1) is 25.8. The van der Waals surface area contributed by atoms with Gasteiger partial charge in [-0.3, -0.25) is 9.59 Å². The van der Waals surface area contributed by atoms with Crippen LogP contribution in [-0.4, -0.2) is 28.0 Å². The van der Waals surface area contributed by atoms with Crippen molar-refractivity contribution in [2.24, 2.45) is 5.92 Å². The van der Waals surface area contributed by atoms with E-state index in [0.29, 0.717) is 30.7 Å². The molecule has 196 valence electrons. The van der Waals surface area contributed by atoms with Crippen LogP contribution in [0.1, 0.15) is 65.6 Å². The molecular weight excluding hydrogens is 474 g/mol. The summed E-state index contributed by atoms with van der Waals surface area (Å²) in [5.74, 6) is 0.831. The van der Waals surface area contributed by atoms with E-state index in [2.05, 4.69) is 24.3 Å². The highest BCUT2D eigenvalue weighted by Gasteiger charge is 2.21. The van der Waals surface area contributed by atoms with Crippen LogP contribution in [0.2, 0.25) is 0 Å². The molecule has 1 aliphatic rings. The maximum absolute atomic E-state index is 13.3. The fourth-order valence-electron chi connectivity index (χ4n) is 4.99. The molecule has 1 fully saturated rings. The Balaban J connectivity index is 1.12. The van der Waals surface area contributed by atoms with Crippen molar-refractivity contribution in [3.8, 4) is 5.75 Å². The third-order valence-corrected chi connectivity index (χ3v) is 7.31. The third-order valence-electron chi connectivity index (χ3n) is 7.31. The van der Waals surface area contributed by atoms with Gasteiger partial charge in [-0.2, -0.15) is 0 Å². The highest BCUT2D eigenvalue weighted by atomic mass is 16.5. The number of aryl methyl sites for hydroxylation is 2. The number of carboxylic acids is 1. The van der Waals surface area contributed by atoms with Crippen LogP contribution in [0.4, 0.5) is 0 Å². The van der Waals surface area contributed by atoms with Crippen LogP contribution in [0.3, 0.4) is 0 Å². The Morgan fingerprint density at radius 2 is 1.61 bits per heavy atom. The van der Waals surface area contributed by atoms with Crippen molar-refractivity contribution < 1.29 is 19.4 Å². The van der Waals surface area contributed by atoms with E-state index in [9.17, 15) is 9.59 Å². The summed E-state index contributed by atoms with van der Waals surface area (Å²) in [6, 6.07) is 24.2. The summed E-state index contributed by atoms with van der Waals surface area (Å²) in [6.07, 6.45) is 9.60. The van der Waals surface area contributed by atoms with Crippen molar-refractivity contribution in [2.75, 3.05) is 6.61 Å². The van der Waals surface area contributed by atoms with Gasteiger partial charge in [0.1, 0.15) is 5.75 Å². The number of rotatable bonds is 14. The number of carbonyl (C=O) groups excluding carboxylic acids is 1. The second-order valence-corrected chi connectivity index (χ2v) is 10.4. The number of carbonyl (C=O) groups is 2. The number of hydrogen-bond acceptors (Lipinski definition) is 3. The fraction of sp³-hybridized carbons (Fsp3) is 0.333. The lowest BCUT2D eigenvalue weighted by Crippen LogP contribution is -2.03. The minimum atomic E-state index is -0.811. The second kappa shape index (κ2) is 12.1. The molecule has 3 aromatic carbocycles. The van der Waals surface area contributed by atoms with E-state index in [1.165, 1.54) is 30.4 Å². The van der Waals surface area contributed by atoms with Gasteiger partial charge in [-0.25, -0.2) is 0 Å². The monoisotopic (exact) mass is 509 g/mol. The Hall–Kier alpha value is -3.86. The molecule has 5 heteroatoms. The highest BCUT2D eigenvalue weighted by Crippen LogP contribution is 2.32. The van der Waals surface area contributed by atoms with Crippen molar-refractivity contribution in [3.05, 3.63) is 101 Å². The average molecular weight is 510 g/mol. The van der Waals surface area contributed by atoms with Crippen LogP contribution in [0.15, 0.2) is 79.0 Å². The van der Waals surface area contributed by atoms with Gasteiger partial charge in [-0.05, 0) is 92.3 Å². The van der Waals surface area contributed by atoms with Crippen LogP contribution < -0.4 is 4.74 Å². The summed E-state index contributed by atoms with van der Waals surface area (Å²) in [7, 11) is 0. The summed E-state index contributed by atoms with van der Waals surface area (Å²) in [4.78, 5) is 24.2. The van der Waals surface area contributed by atoms with E-state index in [0.717, 1.165) is 41.8 Å². The molecule has 5 nitrogen and oxygen atoms in total. The lowest BCUT2D eigenvalue weighted by Gasteiger charge is -2.08. The van der Waals surface area contributed by atoms with E-state index >= 15 is 0 Å². The first-order valence-corrected chi connectivity index (χ1v) is 13.7. The molecule has 0 unspecified atom stereocenters. The number of hydrogen-bond donors (Lipinski definition) is 1. The Morgan fingerprint density at radius 3 is 2.34 bits per heavy atom. The van der Waals surface area contributed by atoms with Crippen LogP contribution in [-0.2, 0) is 24.2 Å². The van der Waals surface area contributed by atoms with Gasteiger partial charge in [0.25, 0.3) is 0 Å². The van der Waals surface area contributed by atoms with Crippen LogP contribution in [0.5, 0.6) is 5.75 Å². The maximum Gasteiger partial charge on any atom is 0.303 e. The van der Waals surface area contributed by atoms with Gasteiger partial charge in [0.15, 0.2) is 5.78 Å². The summed E-state index contributed by atoms with van der Waals surface area (Å²) >= 11 is 0. The Labute approximate surface area is 224 Å². The zero-order valence-electron chi connectivity index (χ0n) is 21.8. The second-order valence-electron chi connectivity index (χ2n) is 10.4. The number of unbranched alkanes of at least 4 members (excludes halogenated alkanes) is 1. The molecule has 0 spiro atoms. The Kier molecular flexibility index (Phi) is 8.22. The first-order chi connectivity index (χ1) is 18.6. The van der Waals surface area contributed by atoms with Gasteiger partial charge < -0.3 is 14.4 Å². The molecular formula is C33H35NO4. The molecule has 0 bridgehead atoms. The lowest BCUT2D eigenvalue weighted by molar-refractivity contribution is -0.137. The van der Waals surface area contributed by atoms with Crippen molar-refractivity contribution >= 4 is 22.7 Å². The maximum atomic E-state index is 13.3. The quantitative estimate of drug-likeness (QED) is 0.146. The Morgan fingerprint density at radius 1 is 0.868 bits per heavy atom. The molecule has 1 aromatic heterocycles. The molecule has 1 heterocycles. The van der Waals surface area contributed by atoms with Gasteiger partial charge >= 0.3 is 5.97 Å². The average Bonchev–Trinajstić information content (AvgIpc) is 3.68. The van der Waals surface area contributed by atoms with Crippen LogP contribution in [0, 0.1) is 5.92 Å². The predicted molar refractivity (Wildman–Crippen MR) is 150 cm³/mol. The van der Waals surface area contributed by atoms with Gasteiger partial charge in [-0.1, -0.05) is 42.5 Å². The molecule has 0 atom stereocenters. The zero-order chi connectivity index (χ0) is 26.3. The van der Waals surface area contributed by atoms with Gasteiger partial charge in [0.05, 0.1) is 6.61 Å². The van der Waals surface area contributed by atoms with Gasteiger partial charge in [-0.15, -0.1) is 0 Å². The summed E-state index contributed by atoms with van der Waals surface area (Å²) in [5, 5.41) is 9.84. The van der Waals surface area contributed by atoms with E-state index in [1.54, 1.807) is 0 Å². The molecule has 0 amide bonds. The number of ketones is 1. The Bertz CT molecular complexity index is 1380. The minimum absolute atomic E-state index is 0.0483. The molecule has 38 heavy (non-hydrogen) atoms. The van der Waals surface area contributed by atoms with Crippen molar-refractivity contribution in [3.63, 3.8) is 0 Å². The third kappa shape index (κ3) is 6.71. The summed E-state index contributed by atoms with van der Waals surface area (Å²) < 4.78 is 7.91. The number of ether oxygens (including phenoxy) is 1. The molecule has 1 saturated carbocycles. The SMILES string of the molecule is O=C(O)CCCn1cc(C(=O)c2ccc(OCCCCc3ccc(CC4CC4)cc3)cc2)c2ccccc21. The van der Waals surface area contributed by atoms with Crippen molar-refractivity contribution in [1.82, 2.24) is 4.57 Å². The standard InChI is InChI=1S/C33H35NO4/c35-32(36)9-5-20-34-23-30(29-7-1-2-8-31(29)34)33(37)27-16-18-28(19-17-27)38-21-4-3-6-24-10-12-25(13-11-24)22-26-14-15-26/h1-2,7-8,10-13,16-19,23,26H,3-6,9,14-15,20-22H2,(H,35,36).